The second-order valence-electron chi connectivity index (χ2n) is 4.66. The van der Waals surface area contributed by atoms with Crippen LogP contribution in [-0.2, 0) is 9.59 Å². The molecule has 2 N–H and O–H groups in total. The average Bonchev–Trinajstić information content (AvgIpc) is 2.37. The largest absolute Gasteiger partial charge is 0.483 e. The van der Waals surface area contributed by atoms with E-state index in [2.05, 4.69) is 5.32 Å². The van der Waals surface area contributed by atoms with Crippen molar-refractivity contribution in [3.05, 3.63) is 28.8 Å². The van der Waals surface area contributed by atoms with Gasteiger partial charge in [0.05, 0.1) is 0 Å². The highest BCUT2D eigenvalue weighted by atomic mass is 35.5. The molecule has 6 heteroatoms. The Balaban J connectivity index is 2.36. The van der Waals surface area contributed by atoms with Gasteiger partial charge in [0.1, 0.15) is 5.75 Å². The number of benzene rings is 1. The smallest absolute Gasteiger partial charge is 0.303 e. The van der Waals surface area contributed by atoms with Crippen LogP contribution >= 0.6 is 11.6 Å². The number of amides is 1. The molecule has 0 aliphatic rings. The first-order valence-corrected chi connectivity index (χ1v) is 6.64. The van der Waals surface area contributed by atoms with Crippen LogP contribution in [0.25, 0.3) is 0 Å². The zero-order valence-corrected chi connectivity index (χ0v) is 12.2. The van der Waals surface area contributed by atoms with Crippen molar-refractivity contribution in [3.63, 3.8) is 0 Å². The molecule has 0 radical (unpaired) electrons. The van der Waals surface area contributed by atoms with Crippen LogP contribution in [-0.4, -0.2) is 30.1 Å². The first-order chi connectivity index (χ1) is 9.40. The highest BCUT2D eigenvalue weighted by molar-refractivity contribution is 6.31. The van der Waals surface area contributed by atoms with Crippen molar-refractivity contribution in [2.24, 2.45) is 5.92 Å². The van der Waals surface area contributed by atoms with Gasteiger partial charge in [0.2, 0.25) is 0 Å². The van der Waals surface area contributed by atoms with Crippen LogP contribution in [0.3, 0.4) is 0 Å². The molecule has 20 heavy (non-hydrogen) atoms. The zero-order chi connectivity index (χ0) is 15.1. The molecule has 1 amide bonds. The van der Waals surface area contributed by atoms with Crippen LogP contribution in [0.1, 0.15) is 18.9 Å². The molecular formula is C14H18ClNO4. The number of aliphatic carboxylic acids is 1. The van der Waals surface area contributed by atoms with E-state index in [1.807, 2.05) is 6.92 Å². The molecule has 1 rings (SSSR count). The Morgan fingerprint density at radius 3 is 2.80 bits per heavy atom. The number of carbonyl (C=O) groups is 2. The fourth-order valence-corrected chi connectivity index (χ4v) is 1.76. The third-order valence-corrected chi connectivity index (χ3v) is 3.16. The molecule has 1 atom stereocenters. The van der Waals surface area contributed by atoms with Crippen molar-refractivity contribution in [1.82, 2.24) is 5.32 Å². The molecule has 110 valence electrons. The van der Waals surface area contributed by atoms with Crippen LogP contribution in [0.15, 0.2) is 18.2 Å². The van der Waals surface area contributed by atoms with Crippen LogP contribution in [0.2, 0.25) is 5.02 Å². The molecule has 1 aromatic carbocycles. The van der Waals surface area contributed by atoms with E-state index in [1.165, 1.54) is 0 Å². The van der Waals surface area contributed by atoms with Gasteiger partial charge in [-0.1, -0.05) is 24.6 Å². The SMILES string of the molecule is Cc1c(Cl)cccc1OCC(=O)NCC(C)CC(=O)O. The van der Waals surface area contributed by atoms with Gasteiger partial charge < -0.3 is 15.2 Å². The minimum Gasteiger partial charge on any atom is -0.483 e. The molecule has 1 unspecified atom stereocenters. The number of halogens is 1. The Morgan fingerprint density at radius 1 is 1.45 bits per heavy atom. The fraction of sp³-hybridized carbons (Fsp3) is 0.429. The maximum Gasteiger partial charge on any atom is 0.303 e. The van der Waals surface area contributed by atoms with Crippen LogP contribution < -0.4 is 10.1 Å². The molecule has 0 aliphatic carbocycles. The van der Waals surface area contributed by atoms with Crippen LogP contribution in [0.5, 0.6) is 5.75 Å². The molecule has 0 saturated heterocycles. The summed E-state index contributed by atoms with van der Waals surface area (Å²) < 4.78 is 5.38. The molecule has 1 aromatic rings. The summed E-state index contributed by atoms with van der Waals surface area (Å²) in [5.74, 6) is -0.727. The number of nitrogens with one attached hydrogen (secondary N) is 1. The maximum atomic E-state index is 11.6. The summed E-state index contributed by atoms with van der Waals surface area (Å²) in [4.78, 5) is 22.1. The molecular weight excluding hydrogens is 282 g/mol. The number of carboxylic acids is 1. The lowest BCUT2D eigenvalue weighted by Gasteiger charge is -2.12. The van der Waals surface area contributed by atoms with Gasteiger partial charge in [-0.3, -0.25) is 9.59 Å². The summed E-state index contributed by atoms with van der Waals surface area (Å²) >= 11 is 5.94. The second-order valence-corrected chi connectivity index (χ2v) is 5.07. The van der Waals surface area contributed by atoms with Gasteiger partial charge in [0.15, 0.2) is 6.61 Å². The summed E-state index contributed by atoms with van der Waals surface area (Å²) in [6.07, 6.45) is 0.0224. The maximum absolute atomic E-state index is 11.6. The summed E-state index contributed by atoms with van der Waals surface area (Å²) in [5.41, 5.74) is 0.779. The van der Waals surface area contributed by atoms with Gasteiger partial charge in [-0.25, -0.2) is 0 Å². The van der Waals surface area contributed by atoms with Crippen molar-refractivity contribution in [2.45, 2.75) is 20.3 Å². The standard InChI is InChI=1S/C14H18ClNO4/c1-9(6-14(18)19)7-16-13(17)8-20-12-5-3-4-11(15)10(12)2/h3-5,9H,6-8H2,1-2H3,(H,16,17)(H,18,19). The van der Waals surface area contributed by atoms with E-state index in [9.17, 15) is 9.59 Å². The summed E-state index contributed by atoms with van der Waals surface area (Å²) in [6, 6.07) is 5.23. The quantitative estimate of drug-likeness (QED) is 0.810. The topological polar surface area (TPSA) is 75.6 Å². The van der Waals surface area contributed by atoms with E-state index in [-0.39, 0.29) is 24.9 Å². The molecule has 0 bridgehead atoms. The van der Waals surface area contributed by atoms with E-state index in [1.54, 1.807) is 25.1 Å². The number of carbonyl (C=O) groups excluding carboxylic acids is 1. The van der Waals surface area contributed by atoms with Crippen molar-refractivity contribution < 1.29 is 19.4 Å². The Bertz CT molecular complexity index is 490. The van der Waals surface area contributed by atoms with Crippen molar-refractivity contribution in [3.8, 4) is 5.75 Å². The Morgan fingerprint density at radius 2 is 2.15 bits per heavy atom. The lowest BCUT2D eigenvalue weighted by molar-refractivity contribution is -0.138. The summed E-state index contributed by atoms with van der Waals surface area (Å²) in [7, 11) is 0. The van der Waals surface area contributed by atoms with E-state index >= 15 is 0 Å². The number of hydrogen-bond acceptors (Lipinski definition) is 3. The Hall–Kier alpha value is -1.75. The normalized spacial score (nSPS) is 11.8. The van der Waals surface area contributed by atoms with Crippen LogP contribution in [0.4, 0.5) is 0 Å². The zero-order valence-electron chi connectivity index (χ0n) is 11.5. The van der Waals surface area contributed by atoms with Gasteiger partial charge in [-0.05, 0) is 25.0 Å². The summed E-state index contributed by atoms with van der Waals surface area (Å²) in [6.45, 7) is 3.75. The van der Waals surface area contributed by atoms with Crippen molar-refractivity contribution in [2.75, 3.05) is 13.2 Å². The Labute approximate surface area is 122 Å². The van der Waals surface area contributed by atoms with Gasteiger partial charge >= 0.3 is 5.97 Å². The molecule has 0 heterocycles. The first kappa shape index (κ1) is 16.3. The number of rotatable bonds is 7. The summed E-state index contributed by atoms with van der Waals surface area (Å²) in [5, 5.41) is 11.8. The molecule has 0 fully saturated rings. The highest BCUT2D eigenvalue weighted by Crippen LogP contribution is 2.24. The molecule has 0 spiro atoms. The third kappa shape index (κ3) is 5.48. The van der Waals surface area contributed by atoms with Crippen molar-refractivity contribution >= 4 is 23.5 Å². The predicted octanol–water partition coefficient (Wildman–Crippen LogP) is 2.25. The lowest BCUT2D eigenvalue weighted by Crippen LogP contribution is -2.33. The first-order valence-electron chi connectivity index (χ1n) is 6.26. The molecule has 0 aromatic heterocycles. The predicted molar refractivity (Wildman–Crippen MR) is 76.1 cm³/mol. The number of carboxylic acid groups (broad SMARTS) is 1. The van der Waals surface area contributed by atoms with Gasteiger partial charge in [0.25, 0.3) is 5.91 Å². The van der Waals surface area contributed by atoms with E-state index in [0.717, 1.165) is 5.56 Å². The average molecular weight is 300 g/mol. The van der Waals surface area contributed by atoms with Crippen LogP contribution in [0, 0.1) is 12.8 Å². The van der Waals surface area contributed by atoms with Gasteiger partial charge in [-0.15, -0.1) is 0 Å². The highest BCUT2D eigenvalue weighted by Gasteiger charge is 2.10. The monoisotopic (exact) mass is 299 g/mol. The molecule has 0 aliphatic heterocycles. The van der Waals surface area contributed by atoms with E-state index in [0.29, 0.717) is 17.3 Å². The number of ether oxygens (including phenoxy) is 1. The van der Waals surface area contributed by atoms with E-state index in [4.69, 9.17) is 21.4 Å². The second kappa shape index (κ2) is 7.75. The Kier molecular flexibility index (Phi) is 6.31. The minimum absolute atomic E-state index is 0.0224. The van der Waals surface area contributed by atoms with Gasteiger partial charge in [0, 0.05) is 23.6 Å². The molecule has 0 saturated carbocycles. The lowest BCUT2D eigenvalue weighted by atomic mass is 10.1. The number of hydrogen-bond donors (Lipinski definition) is 2. The van der Waals surface area contributed by atoms with Gasteiger partial charge in [-0.2, -0.15) is 0 Å². The van der Waals surface area contributed by atoms with E-state index < -0.39 is 5.97 Å². The fourth-order valence-electron chi connectivity index (χ4n) is 1.60. The molecule has 5 nitrogen and oxygen atoms in total. The minimum atomic E-state index is -0.877. The van der Waals surface area contributed by atoms with Crippen molar-refractivity contribution in [1.29, 1.82) is 0 Å². The third-order valence-electron chi connectivity index (χ3n) is 2.75.